The van der Waals surface area contributed by atoms with E-state index >= 15 is 0 Å². The van der Waals surface area contributed by atoms with E-state index in [0.29, 0.717) is 0 Å². The van der Waals surface area contributed by atoms with Crippen LogP contribution in [0.4, 0.5) is 0 Å². The number of carbonyl (C=O) groups is 2. The Hall–Kier alpha value is -1.89. The Balaban J connectivity index is 2.33. The van der Waals surface area contributed by atoms with Crippen molar-refractivity contribution in [3.63, 3.8) is 0 Å². The van der Waals surface area contributed by atoms with Crippen molar-refractivity contribution < 1.29 is 23.8 Å². The second-order valence-electron chi connectivity index (χ2n) is 4.62. The summed E-state index contributed by atoms with van der Waals surface area (Å²) in [5.74, 6) is -1.35. The summed E-state index contributed by atoms with van der Waals surface area (Å²) in [5, 5.41) is 11.4. The van der Waals surface area contributed by atoms with E-state index in [4.69, 9.17) is 14.3 Å². The van der Waals surface area contributed by atoms with Crippen LogP contribution in [-0.4, -0.2) is 34.2 Å². The molecule has 1 aromatic heterocycles. The molecular weight excluding hydrogens is 240 g/mol. The molecule has 0 aliphatic carbocycles. The summed E-state index contributed by atoms with van der Waals surface area (Å²) in [6, 6.07) is 0. The number of carboxylic acid groups (broad SMARTS) is 1. The fraction of sp³-hybridized carbons (Fsp3) is 0.545. The zero-order valence-corrected chi connectivity index (χ0v) is 10.5. The monoisotopic (exact) mass is 256 g/mol. The molecule has 100 valence electrons. The molecule has 0 spiro atoms. The third-order valence-corrected chi connectivity index (χ3v) is 1.74. The summed E-state index contributed by atoms with van der Waals surface area (Å²) in [7, 11) is 0. The van der Waals surface area contributed by atoms with Crippen LogP contribution >= 0.6 is 0 Å². The molecule has 0 aliphatic rings. The summed E-state index contributed by atoms with van der Waals surface area (Å²) < 4.78 is 9.97. The Morgan fingerprint density at radius 3 is 2.67 bits per heavy atom. The van der Waals surface area contributed by atoms with Crippen LogP contribution in [0.1, 0.15) is 37.2 Å². The molecule has 0 aliphatic heterocycles. The van der Waals surface area contributed by atoms with E-state index in [1.165, 1.54) is 0 Å². The summed E-state index contributed by atoms with van der Waals surface area (Å²) in [5.41, 5.74) is -0.692. The first-order valence-electron chi connectivity index (χ1n) is 5.38. The summed E-state index contributed by atoms with van der Waals surface area (Å²) in [6.45, 7) is 5.49. The Bertz CT molecular complexity index is 433. The molecule has 0 unspecified atom stereocenters. The van der Waals surface area contributed by atoms with Crippen molar-refractivity contribution in [2.24, 2.45) is 0 Å². The van der Waals surface area contributed by atoms with Crippen molar-refractivity contribution in [1.82, 2.24) is 10.3 Å². The molecule has 0 fully saturated rings. The average Bonchev–Trinajstić information content (AvgIpc) is 2.63. The van der Waals surface area contributed by atoms with Gasteiger partial charge in [0.05, 0.1) is 13.1 Å². The van der Waals surface area contributed by atoms with Crippen LogP contribution in [0.3, 0.4) is 0 Å². The number of hydrogen-bond acceptors (Lipinski definition) is 6. The minimum Gasteiger partial charge on any atom is -0.476 e. The zero-order chi connectivity index (χ0) is 13.8. The first-order chi connectivity index (χ1) is 8.28. The SMILES string of the molecule is CC(C)(C)OC(=O)CNCc1nc(C(=O)O)co1. The number of rotatable bonds is 5. The van der Waals surface area contributed by atoms with Gasteiger partial charge in [0, 0.05) is 0 Å². The van der Waals surface area contributed by atoms with Gasteiger partial charge >= 0.3 is 11.9 Å². The van der Waals surface area contributed by atoms with Gasteiger partial charge in [0.15, 0.2) is 5.69 Å². The lowest BCUT2D eigenvalue weighted by atomic mass is 10.2. The van der Waals surface area contributed by atoms with E-state index in [-0.39, 0.29) is 24.7 Å². The smallest absolute Gasteiger partial charge is 0.357 e. The van der Waals surface area contributed by atoms with Crippen molar-refractivity contribution in [3.05, 3.63) is 17.8 Å². The summed E-state index contributed by atoms with van der Waals surface area (Å²) in [4.78, 5) is 25.6. The second kappa shape index (κ2) is 5.63. The highest BCUT2D eigenvalue weighted by molar-refractivity contribution is 5.84. The number of ether oxygens (including phenoxy) is 1. The van der Waals surface area contributed by atoms with E-state index in [1.807, 2.05) is 0 Å². The van der Waals surface area contributed by atoms with Crippen LogP contribution in [0, 0.1) is 0 Å². The first-order valence-corrected chi connectivity index (χ1v) is 5.38. The lowest BCUT2D eigenvalue weighted by Crippen LogP contribution is -2.31. The minimum atomic E-state index is -1.16. The van der Waals surface area contributed by atoms with Crippen LogP contribution in [0.5, 0.6) is 0 Å². The van der Waals surface area contributed by atoms with E-state index in [1.54, 1.807) is 20.8 Å². The van der Waals surface area contributed by atoms with Crippen molar-refractivity contribution >= 4 is 11.9 Å². The molecule has 0 saturated heterocycles. The maximum Gasteiger partial charge on any atom is 0.357 e. The van der Waals surface area contributed by atoms with Gasteiger partial charge in [-0.05, 0) is 20.8 Å². The van der Waals surface area contributed by atoms with Crippen molar-refractivity contribution in [2.45, 2.75) is 32.9 Å². The van der Waals surface area contributed by atoms with Gasteiger partial charge in [-0.25, -0.2) is 9.78 Å². The molecule has 2 N–H and O–H groups in total. The quantitative estimate of drug-likeness (QED) is 0.751. The Morgan fingerprint density at radius 2 is 2.17 bits per heavy atom. The maximum atomic E-state index is 11.3. The fourth-order valence-electron chi connectivity index (χ4n) is 1.14. The van der Waals surface area contributed by atoms with Gasteiger partial charge in [0.1, 0.15) is 11.9 Å². The molecule has 1 heterocycles. The number of nitrogens with one attached hydrogen (secondary N) is 1. The van der Waals surface area contributed by atoms with Gasteiger partial charge in [0.2, 0.25) is 5.89 Å². The molecule has 0 saturated carbocycles. The van der Waals surface area contributed by atoms with E-state index in [2.05, 4.69) is 10.3 Å². The number of carbonyl (C=O) groups excluding carboxylic acids is 1. The molecule has 0 atom stereocenters. The lowest BCUT2D eigenvalue weighted by Gasteiger charge is -2.19. The largest absolute Gasteiger partial charge is 0.476 e. The fourth-order valence-corrected chi connectivity index (χ4v) is 1.14. The number of aromatic nitrogens is 1. The summed E-state index contributed by atoms with van der Waals surface area (Å²) >= 11 is 0. The Kier molecular flexibility index (Phi) is 4.43. The van der Waals surface area contributed by atoms with E-state index < -0.39 is 17.5 Å². The number of esters is 1. The zero-order valence-electron chi connectivity index (χ0n) is 10.5. The third kappa shape index (κ3) is 4.96. The molecule has 1 rings (SSSR count). The van der Waals surface area contributed by atoms with Gasteiger partial charge in [0.25, 0.3) is 0 Å². The van der Waals surface area contributed by atoms with Gasteiger partial charge in [-0.3, -0.25) is 10.1 Å². The van der Waals surface area contributed by atoms with Gasteiger partial charge in [-0.1, -0.05) is 0 Å². The first kappa shape index (κ1) is 14.2. The molecule has 7 nitrogen and oxygen atoms in total. The molecule has 7 heteroatoms. The highest BCUT2D eigenvalue weighted by Gasteiger charge is 2.16. The van der Waals surface area contributed by atoms with Gasteiger partial charge in [-0.15, -0.1) is 0 Å². The number of carboxylic acids is 1. The molecule has 1 aromatic rings. The van der Waals surface area contributed by atoms with Crippen molar-refractivity contribution in [2.75, 3.05) is 6.54 Å². The van der Waals surface area contributed by atoms with Gasteiger partial charge < -0.3 is 14.3 Å². The summed E-state index contributed by atoms with van der Waals surface area (Å²) in [6.07, 6.45) is 1.05. The molecule has 0 radical (unpaired) electrons. The minimum absolute atomic E-state index is 0.00204. The Morgan fingerprint density at radius 1 is 1.50 bits per heavy atom. The highest BCUT2D eigenvalue weighted by Crippen LogP contribution is 2.06. The third-order valence-electron chi connectivity index (χ3n) is 1.74. The average molecular weight is 256 g/mol. The molecule has 0 bridgehead atoms. The highest BCUT2D eigenvalue weighted by atomic mass is 16.6. The second-order valence-corrected chi connectivity index (χ2v) is 4.62. The molecular formula is C11H16N2O5. The lowest BCUT2D eigenvalue weighted by molar-refractivity contribution is -0.153. The van der Waals surface area contributed by atoms with Crippen LogP contribution in [0.2, 0.25) is 0 Å². The Labute approximate surface area is 104 Å². The predicted octanol–water partition coefficient (Wildman–Crippen LogP) is 0.804. The maximum absolute atomic E-state index is 11.3. The number of hydrogen-bond donors (Lipinski definition) is 2. The predicted molar refractivity (Wildman–Crippen MR) is 61.0 cm³/mol. The van der Waals surface area contributed by atoms with Crippen molar-refractivity contribution in [3.8, 4) is 0 Å². The molecule has 0 aromatic carbocycles. The van der Waals surface area contributed by atoms with Crippen LogP contribution in [-0.2, 0) is 16.1 Å². The van der Waals surface area contributed by atoms with E-state index in [0.717, 1.165) is 6.26 Å². The number of nitrogens with zero attached hydrogens (tertiary/aromatic N) is 1. The topological polar surface area (TPSA) is 102 Å². The molecule has 18 heavy (non-hydrogen) atoms. The van der Waals surface area contributed by atoms with Crippen LogP contribution < -0.4 is 5.32 Å². The standard InChI is InChI=1S/C11H16N2O5/c1-11(2,3)18-9(14)5-12-4-8-13-7(6-17-8)10(15)16/h6,12H,4-5H2,1-3H3,(H,15,16). The van der Waals surface area contributed by atoms with Crippen LogP contribution in [0.25, 0.3) is 0 Å². The normalized spacial score (nSPS) is 11.3. The number of oxazole rings is 1. The van der Waals surface area contributed by atoms with Crippen molar-refractivity contribution in [1.29, 1.82) is 0 Å². The van der Waals surface area contributed by atoms with Gasteiger partial charge in [-0.2, -0.15) is 0 Å². The van der Waals surface area contributed by atoms with Crippen LogP contribution in [0.15, 0.2) is 10.7 Å². The van der Waals surface area contributed by atoms with E-state index in [9.17, 15) is 9.59 Å². The molecule has 0 amide bonds. The number of aromatic carboxylic acids is 1.